The molecule has 0 saturated carbocycles. The van der Waals surface area contributed by atoms with Crippen molar-refractivity contribution in [2.75, 3.05) is 6.61 Å². The van der Waals surface area contributed by atoms with Gasteiger partial charge in [0.1, 0.15) is 18.1 Å². The van der Waals surface area contributed by atoms with E-state index in [1.54, 1.807) is 36.5 Å². The van der Waals surface area contributed by atoms with Crippen LogP contribution >= 0.6 is 0 Å². The van der Waals surface area contributed by atoms with E-state index in [0.717, 1.165) is 16.5 Å². The molecule has 3 amide bonds. The lowest BCUT2D eigenvalue weighted by Gasteiger charge is -2.24. The van der Waals surface area contributed by atoms with Gasteiger partial charge in [-0.1, -0.05) is 48.5 Å². The van der Waals surface area contributed by atoms with Crippen LogP contribution in [0.4, 0.5) is 0 Å². The number of amides is 3. The number of benzene rings is 2. The second-order valence-corrected chi connectivity index (χ2v) is 9.50. The van der Waals surface area contributed by atoms with E-state index in [1.165, 1.54) is 0 Å². The third-order valence-electron chi connectivity index (χ3n) is 6.44. The Morgan fingerprint density at radius 1 is 0.780 bits per heavy atom. The van der Waals surface area contributed by atoms with Gasteiger partial charge in [0, 0.05) is 29.9 Å². The van der Waals surface area contributed by atoms with Crippen molar-refractivity contribution in [1.82, 2.24) is 20.9 Å². The van der Waals surface area contributed by atoms with Crippen molar-refractivity contribution in [3.63, 3.8) is 0 Å². The van der Waals surface area contributed by atoms with Gasteiger partial charge in [0.15, 0.2) is 0 Å². The zero-order valence-electron chi connectivity index (χ0n) is 22.1. The number of hydrogen-bond acceptors (Lipinski definition) is 7. The highest BCUT2D eigenvalue weighted by Gasteiger charge is 2.30. The second kappa shape index (κ2) is 14.6. The number of aliphatic hydroxyl groups excluding tert-OH is 1. The normalized spacial score (nSPS) is 13.9. The molecule has 1 heterocycles. The number of carboxylic acids is 2. The molecule has 2 aromatic carbocycles. The summed E-state index contributed by atoms with van der Waals surface area (Å²) in [6.07, 6.45) is 0.982. The lowest BCUT2D eigenvalue weighted by molar-refractivity contribution is -0.143. The summed E-state index contributed by atoms with van der Waals surface area (Å²) < 4.78 is 0. The van der Waals surface area contributed by atoms with Crippen molar-refractivity contribution in [3.8, 4) is 0 Å². The van der Waals surface area contributed by atoms with Gasteiger partial charge in [0.05, 0.1) is 12.6 Å². The van der Waals surface area contributed by atoms with E-state index in [9.17, 15) is 34.2 Å². The van der Waals surface area contributed by atoms with Gasteiger partial charge >= 0.3 is 11.9 Å². The molecule has 0 aliphatic rings. The molecular formula is C28H33N5O8. The summed E-state index contributed by atoms with van der Waals surface area (Å²) in [6, 6.07) is 10.7. The minimum atomic E-state index is -1.51. The summed E-state index contributed by atoms with van der Waals surface area (Å²) in [7, 11) is 0. The molecule has 0 saturated heterocycles. The number of nitrogens with two attached hydrogens (primary N) is 1. The smallest absolute Gasteiger partial charge is 0.326 e. The van der Waals surface area contributed by atoms with Gasteiger partial charge in [-0.3, -0.25) is 19.2 Å². The quantitative estimate of drug-likeness (QED) is 0.120. The first-order valence-electron chi connectivity index (χ1n) is 12.9. The monoisotopic (exact) mass is 567 g/mol. The Bertz CT molecular complexity index is 1380. The van der Waals surface area contributed by atoms with Crippen LogP contribution in [0.2, 0.25) is 0 Å². The largest absolute Gasteiger partial charge is 0.481 e. The number of carboxylic acid groups (broad SMARTS) is 2. The molecule has 218 valence electrons. The number of aliphatic carboxylic acids is 2. The number of aromatic amines is 1. The molecule has 0 aliphatic carbocycles. The van der Waals surface area contributed by atoms with Crippen LogP contribution in [-0.2, 0) is 36.8 Å². The minimum absolute atomic E-state index is 0.0458. The lowest BCUT2D eigenvalue weighted by Crippen LogP contribution is -2.58. The SMILES string of the molecule is NC(Cc1c[nH]c2ccccc12)C(=O)NC(CO)C(=O)NC(Cc1ccccc1)C(=O)NC(CCC(=O)O)C(=O)O. The maximum absolute atomic E-state index is 13.1. The Morgan fingerprint density at radius 3 is 2.05 bits per heavy atom. The molecule has 4 unspecified atom stereocenters. The summed E-state index contributed by atoms with van der Waals surface area (Å²) in [5, 5.41) is 36.2. The standard InChI is InChI=1S/C28H33N5O8/c29-19(13-17-14-30-20-9-5-4-8-18(17)20)25(37)33-23(15-34)27(39)32-22(12-16-6-2-1-3-7-16)26(38)31-21(28(40)41)10-11-24(35)36/h1-9,14,19,21-23,30,34H,10-13,15,29H2,(H,31,38)(H,32,39)(H,33,37)(H,35,36)(H,40,41). The lowest BCUT2D eigenvalue weighted by atomic mass is 10.0. The summed E-state index contributed by atoms with van der Waals surface area (Å²) in [5.41, 5.74) is 8.39. The predicted molar refractivity (Wildman–Crippen MR) is 148 cm³/mol. The van der Waals surface area contributed by atoms with Gasteiger partial charge in [-0.25, -0.2) is 4.79 Å². The van der Waals surface area contributed by atoms with Crippen LogP contribution in [0, 0.1) is 0 Å². The molecule has 3 rings (SSSR count). The van der Waals surface area contributed by atoms with Gasteiger partial charge in [0.2, 0.25) is 17.7 Å². The highest BCUT2D eigenvalue weighted by atomic mass is 16.4. The van der Waals surface area contributed by atoms with Crippen LogP contribution in [0.5, 0.6) is 0 Å². The third-order valence-corrected chi connectivity index (χ3v) is 6.44. The Labute approximate surface area is 235 Å². The Hall–Kier alpha value is -4.75. The average molecular weight is 568 g/mol. The van der Waals surface area contributed by atoms with Gasteiger partial charge in [-0.2, -0.15) is 0 Å². The van der Waals surface area contributed by atoms with E-state index in [4.69, 9.17) is 10.8 Å². The number of H-pyrrole nitrogens is 1. The van der Waals surface area contributed by atoms with Crippen LogP contribution in [-0.4, -0.2) is 80.7 Å². The molecule has 13 heteroatoms. The van der Waals surface area contributed by atoms with Gasteiger partial charge in [-0.15, -0.1) is 0 Å². The van der Waals surface area contributed by atoms with Gasteiger partial charge in [-0.05, 0) is 30.0 Å². The summed E-state index contributed by atoms with van der Waals surface area (Å²) in [4.78, 5) is 64.5. The Morgan fingerprint density at radius 2 is 1.39 bits per heavy atom. The fourth-order valence-corrected chi connectivity index (χ4v) is 4.23. The molecule has 0 fully saturated rings. The van der Waals surface area contributed by atoms with Crippen LogP contribution in [0.25, 0.3) is 10.9 Å². The van der Waals surface area contributed by atoms with E-state index in [0.29, 0.717) is 5.56 Å². The molecule has 9 N–H and O–H groups in total. The van der Waals surface area contributed by atoms with Crippen molar-refractivity contribution in [2.24, 2.45) is 5.73 Å². The van der Waals surface area contributed by atoms with Crippen LogP contribution in [0.15, 0.2) is 60.8 Å². The molecule has 0 bridgehead atoms. The van der Waals surface area contributed by atoms with Gasteiger partial charge < -0.3 is 42.0 Å². The highest BCUT2D eigenvalue weighted by Crippen LogP contribution is 2.18. The number of fused-ring (bicyclic) bond motifs is 1. The molecule has 0 spiro atoms. The van der Waals surface area contributed by atoms with E-state index in [1.807, 2.05) is 24.3 Å². The van der Waals surface area contributed by atoms with E-state index in [2.05, 4.69) is 20.9 Å². The number of rotatable bonds is 15. The molecule has 1 aromatic heterocycles. The number of aliphatic hydroxyl groups is 1. The molecule has 4 atom stereocenters. The first-order chi connectivity index (χ1) is 19.6. The molecule has 3 aromatic rings. The second-order valence-electron chi connectivity index (χ2n) is 9.50. The minimum Gasteiger partial charge on any atom is -0.481 e. The summed E-state index contributed by atoms with van der Waals surface area (Å²) in [6.45, 7) is -0.798. The average Bonchev–Trinajstić information content (AvgIpc) is 3.36. The fraction of sp³-hybridized carbons (Fsp3) is 0.321. The molecule has 0 aliphatic heterocycles. The third kappa shape index (κ3) is 8.88. The zero-order valence-corrected chi connectivity index (χ0v) is 22.1. The first-order valence-corrected chi connectivity index (χ1v) is 12.9. The van der Waals surface area contributed by atoms with Crippen LogP contribution in [0.3, 0.4) is 0 Å². The predicted octanol–water partition coefficient (Wildman–Crippen LogP) is -0.323. The molecular weight excluding hydrogens is 534 g/mol. The highest BCUT2D eigenvalue weighted by molar-refractivity contribution is 5.94. The first kappa shape index (κ1) is 30.8. The fourth-order valence-electron chi connectivity index (χ4n) is 4.23. The maximum atomic E-state index is 13.1. The molecule has 41 heavy (non-hydrogen) atoms. The Balaban J connectivity index is 1.69. The van der Waals surface area contributed by atoms with E-state index in [-0.39, 0.29) is 19.3 Å². The van der Waals surface area contributed by atoms with Gasteiger partial charge in [0.25, 0.3) is 0 Å². The summed E-state index contributed by atoms with van der Waals surface area (Å²) in [5.74, 6) is -5.14. The van der Waals surface area contributed by atoms with Crippen molar-refractivity contribution < 1.29 is 39.3 Å². The molecule has 13 nitrogen and oxygen atoms in total. The maximum Gasteiger partial charge on any atom is 0.326 e. The number of aromatic nitrogens is 1. The van der Waals surface area contributed by atoms with Crippen LogP contribution < -0.4 is 21.7 Å². The van der Waals surface area contributed by atoms with E-state index < -0.39 is 66.9 Å². The zero-order chi connectivity index (χ0) is 29.9. The number of hydrogen-bond donors (Lipinski definition) is 8. The van der Waals surface area contributed by atoms with Crippen molar-refractivity contribution in [3.05, 3.63) is 71.9 Å². The Kier molecular flexibility index (Phi) is 11.0. The number of carbonyl (C=O) groups is 5. The summed E-state index contributed by atoms with van der Waals surface area (Å²) >= 11 is 0. The topological polar surface area (TPSA) is 224 Å². The van der Waals surface area contributed by atoms with E-state index >= 15 is 0 Å². The number of carbonyl (C=O) groups excluding carboxylic acids is 3. The number of nitrogens with one attached hydrogen (secondary N) is 4. The van der Waals surface area contributed by atoms with Crippen molar-refractivity contribution in [2.45, 2.75) is 49.9 Å². The number of para-hydroxylation sites is 1. The van der Waals surface area contributed by atoms with Crippen molar-refractivity contribution >= 4 is 40.6 Å². The van der Waals surface area contributed by atoms with Crippen LogP contribution in [0.1, 0.15) is 24.0 Å². The molecule has 0 radical (unpaired) electrons. The van der Waals surface area contributed by atoms with Crippen molar-refractivity contribution in [1.29, 1.82) is 0 Å².